The zero-order valence-electron chi connectivity index (χ0n) is 20.1. The number of carboxylic acid groups (broad SMARTS) is 1. The number of unbranched alkanes of at least 4 members (excludes halogenated alkanes) is 4. The standard InChI is InChI=1S/C26H42O5/c1-6-8-9-10-11-18-30-23-14-12-22(13-15-23)16-17-26(24(27)28,19-20(3)4)25(29)31-21(5)7-2/h12-15,20-21H,6-11,16-19H2,1-5H3,(H,27,28). The summed E-state index contributed by atoms with van der Waals surface area (Å²) in [5.41, 5.74) is -0.536. The lowest BCUT2D eigenvalue weighted by Crippen LogP contribution is -2.43. The summed E-state index contributed by atoms with van der Waals surface area (Å²) >= 11 is 0. The van der Waals surface area contributed by atoms with Gasteiger partial charge in [0, 0.05) is 0 Å². The molecule has 2 atom stereocenters. The molecule has 0 fully saturated rings. The van der Waals surface area contributed by atoms with Gasteiger partial charge in [0.2, 0.25) is 0 Å². The molecule has 1 N–H and O–H groups in total. The summed E-state index contributed by atoms with van der Waals surface area (Å²) in [4.78, 5) is 25.1. The van der Waals surface area contributed by atoms with Crippen LogP contribution in [0.15, 0.2) is 24.3 Å². The molecule has 31 heavy (non-hydrogen) atoms. The Labute approximate surface area is 188 Å². The fourth-order valence-electron chi connectivity index (χ4n) is 3.65. The number of carbonyl (C=O) groups excluding carboxylic acids is 1. The average Bonchev–Trinajstić information content (AvgIpc) is 2.73. The van der Waals surface area contributed by atoms with Crippen LogP contribution in [0.5, 0.6) is 5.75 Å². The van der Waals surface area contributed by atoms with Gasteiger partial charge in [-0.3, -0.25) is 9.59 Å². The van der Waals surface area contributed by atoms with Crippen molar-refractivity contribution in [1.29, 1.82) is 0 Å². The van der Waals surface area contributed by atoms with Crippen molar-refractivity contribution in [2.24, 2.45) is 11.3 Å². The highest BCUT2D eigenvalue weighted by atomic mass is 16.5. The minimum atomic E-state index is -1.52. The van der Waals surface area contributed by atoms with Gasteiger partial charge in [0.15, 0.2) is 5.41 Å². The summed E-state index contributed by atoms with van der Waals surface area (Å²) < 4.78 is 11.3. The van der Waals surface area contributed by atoms with Crippen molar-refractivity contribution in [2.45, 2.75) is 98.5 Å². The largest absolute Gasteiger partial charge is 0.494 e. The predicted molar refractivity (Wildman–Crippen MR) is 124 cm³/mol. The maximum atomic E-state index is 12.9. The van der Waals surface area contributed by atoms with Crippen molar-refractivity contribution in [2.75, 3.05) is 6.61 Å². The molecule has 0 aliphatic rings. The van der Waals surface area contributed by atoms with Crippen molar-refractivity contribution >= 4 is 11.9 Å². The zero-order valence-corrected chi connectivity index (χ0v) is 20.1. The van der Waals surface area contributed by atoms with Crippen LogP contribution in [0.4, 0.5) is 0 Å². The first-order valence-electron chi connectivity index (χ1n) is 11.9. The summed E-state index contributed by atoms with van der Waals surface area (Å²) in [6.07, 6.45) is 7.32. The Kier molecular flexibility index (Phi) is 12.3. The third-order valence-corrected chi connectivity index (χ3v) is 5.72. The van der Waals surface area contributed by atoms with E-state index in [0.29, 0.717) is 19.4 Å². The first kappa shape index (κ1) is 27.0. The number of aryl methyl sites for hydroxylation is 1. The minimum absolute atomic E-state index is 0.0636. The van der Waals surface area contributed by atoms with E-state index in [1.807, 2.05) is 45.0 Å². The first-order chi connectivity index (χ1) is 14.7. The van der Waals surface area contributed by atoms with Crippen LogP contribution in [0.1, 0.15) is 91.5 Å². The van der Waals surface area contributed by atoms with Crippen LogP contribution in [0.2, 0.25) is 0 Å². The lowest BCUT2D eigenvalue weighted by Gasteiger charge is -2.30. The van der Waals surface area contributed by atoms with Crippen LogP contribution in [-0.4, -0.2) is 29.8 Å². The van der Waals surface area contributed by atoms with Gasteiger partial charge >= 0.3 is 11.9 Å². The van der Waals surface area contributed by atoms with E-state index >= 15 is 0 Å². The van der Waals surface area contributed by atoms with Crippen LogP contribution < -0.4 is 4.74 Å². The normalized spacial score (nSPS) is 14.1. The highest BCUT2D eigenvalue weighted by Gasteiger charge is 2.48. The summed E-state index contributed by atoms with van der Waals surface area (Å²) in [6.45, 7) is 10.5. The van der Waals surface area contributed by atoms with Crippen molar-refractivity contribution in [3.05, 3.63) is 29.8 Å². The van der Waals surface area contributed by atoms with Crippen LogP contribution in [0.3, 0.4) is 0 Å². The number of hydrogen-bond acceptors (Lipinski definition) is 4. The fraction of sp³-hybridized carbons (Fsp3) is 0.692. The second-order valence-electron chi connectivity index (χ2n) is 9.02. The Balaban J connectivity index is 2.74. The van der Waals surface area contributed by atoms with E-state index in [1.165, 1.54) is 25.7 Å². The van der Waals surface area contributed by atoms with Gasteiger partial charge in [0.05, 0.1) is 12.7 Å². The number of carboxylic acids is 1. The third kappa shape index (κ3) is 9.32. The zero-order chi connectivity index (χ0) is 23.3. The number of aliphatic carboxylic acids is 1. The smallest absolute Gasteiger partial charge is 0.323 e. The Morgan fingerprint density at radius 3 is 2.19 bits per heavy atom. The number of esters is 1. The topological polar surface area (TPSA) is 72.8 Å². The van der Waals surface area contributed by atoms with E-state index < -0.39 is 17.4 Å². The Hall–Kier alpha value is -2.04. The molecule has 5 nitrogen and oxygen atoms in total. The van der Waals surface area contributed by atoms with Crippen molar-refractivity contribution in [3.63, 3.8) is 0 Å². The molecule has 0 heterocycles. The van der Waals surface area contributed by atoms with E-state index in [9.17, 15) is 14.7 Å². The van der Waals surface area contributed by atoms with Gasteiger partial charge in [-0.2, -0.15) is 0 Å². The molecular weight excluding hydrogens is 392 g/mol. The van der Waals surface area contributed by atoms with Crippen molar-refractivity contribution < 1.29 is 24.2 Å². The van der Waals surface area contributed by atoms with Crippen LogP contribution >= 0.6 is 0 Å². The van der Waals surface area contributed by atoms with Gasteiger partial charge in [-0.15, -0.1) is 0 Å². The molecule has 5 heteroatoms. The number of benzene rings is 1. The van der Waals surface area contributed by atoms with E-state index in [2.05, 4.69) is 6.92 Å². The molecule has 1 aromatic carbocycles. The summed E-state index contributed by atoms with van der Waals surface area (Å²) in [5, 5.41) is 10.0. The van der Waals surface area contributed by atoms with Gasteiger partial charge < -0.3 is 14.6 Å². The lowest BCUT2D eigenvalue weighted by atomic mass is 9.75. The van der Waals surface area contributed by atoms with Gasteiger partial charge in [0.25, 0.3) is 0 Å². The Morgan fingerprint density at radius 2 is 1.65 bits per heavy atom. The summed E-state index contributed by atoms with van der Waals surface area (Å²) in [7, 11) is 0. The van der Waals surface area contributed by atoms with Gasteiger partial charge in [0.1, 0.15) is 5.75 Å². The predicted octanol–water partition coefficient (Wildman–Crippen LogP) is 6.43. The number of hydrogen-bond donors (Lipinski definition) is 1. The van der Waals surface area contributed by atoms with Gasteiger partial charge in [-0.1, -0.05) is 65.5 Å². The SMILES string of the molecule is CCCCCCCOc1ccc(CCC(CC(C)C)(C(=O)O)C(=O)OC(C)CC)cc1. The number of ether oxygens (including phenoxy) is 2. The van der Waals surface area contributed by atoms with Gasteiger partial charge in [-0.25, -0.2) is 0 Å². The third-order valence-electron chi connectivity index (χ3n) is 5.72. The molecule has 1 rings (SSSR count). The monoisotopic (exact) mass is 434 g/mol. The van der Waals surface area contributed by atoms with E-state index in [-0.39, 0.29) is 24.9 Å². The fourth-order valence-corrected chi connectivity index (χ4v) is 3.65. The molecule has 176 valence electrons. The maximum absolute atomic E-state index is 12.9. The van der Waals surface area contributed by atoms with E-state index in [0.717, 1.165) is 17.7 Å². The van der Waals surface area contributed by atoms with Crippen molar-refractivity contribution in [3.8, 4) is 5.75 Å². The van der Waals surface area contributed by atoms with Crippen LogP contribution in [0, 0.1) is 11.3 Å². The molecule has 0 saturated heterocycles. The molecule has 0 amide bonds. The molecule has 0 bridgehead atoms. The maximum Gasteiger partial charge on any atom is 0.323 e. The molecule has 2 unspecified atom stereocenters. The quantitative estimate of drug-likeness (QED) is 0.184. The Morgan fingerprint density at radius 1 is 1.00 bits per heavy atom. The second kappa shape index (κ2) is 14.1. The molecule has 0 aromatic heterocycles. The molecule has 0 aliphatic heterocycles. The van der Waals surface area contributed by atoms with Crippen LogP contribution in [-0.2, 0) is 20.7 Å². The molecule has 0 aliphatic carbocycles. The van der Waals surface area contributed by atoms with Crippen LogP contribution in [0.25, 0.3) is 0 Å². The lowest BCUT2D eigenvalue weighted by molar-refractivity contribution is -0.174. The highest BCUT2D eigenvalue weighted by molar-refractivity contribution is 5.99. The summed E-state index contributed by atoms with van der Waals surface area (Å²) in [5.74, 6) is -0.834. The molecule has 0 radical (unpaired) electrons. The Bertz CT molecular complexity index is 652. The van der Waals surface area contributed by atoms with E-state index in [4.69, 9.17) is 9.47 Å². The number of carbonyl (C=O) groups is 2. The minimum Gasteiger partial charge on any atom is -0.494 e. The van der Waals surface area contributed by atoms with E-state index in [1.54, 1.807) is 6.92 Å². The number of rotatable bonds is 16. The average molecular weight is 435 g/mol. The molecule has 1 aromatic rings. The first-order valence-corrected chi connectivity index (χ1v) is 11.9. The van der Waals surface area contributed by atoms with Crippen molar-refractivity contribution in [1.82, 2.24) is 0 Å². The highest BCUT2D eigenvalue weighted by Crippen LogP contribution is 2.35. The summed E-state index contributed by atoms with van der Waals surface area (Å²) in [6, 6.07) is 7.75. The molecule has 0 saturated carbocycles. The van der Waals surface area contributed by atoms with Gasteiger partial charge in [-0.05, 0) is 62.6 Å². The second-order valence-corrected chi connectivity index (χ2v) is 9.02. The molecule has 0 spiro atoms. The molecular formula is C26H42O5.